The number of hydrogen-bond donors (Lipinski definition) is 4. The lowest BCUT2D eigenvalue weighted by molar-refractivity contribution is -0.132. The van der Waals surface area contributed by atoms with Gasteiger partial charge in [0.25, 0.3) is 5.91 Å². The van der Waals surface area contributed by atoms with Gasteiger partial charge in [0.2, 0.25) is 17.7 Å². The number of H-pyrrole nitrogens is 1. The lowest BCUT2D eigenvalue weighted by Gasteiger charge is -2.45. The number of aromatic nitrogens is 1. The van der Waals surface area contributed by atoms with Crippen molar-refractivity contribution in [3.8, 4) is 11.8 Å². The average molecular weight is 506 g/mol. The maximum atomic E-state index is 13.6. The molecule has 1 aromatic heterocycles. The number of fused-ring (bicyclic) bond motifs is 2. The number of carbonyl (C=O) groups excluding carboxylic acids is 4. The van der Waals surface area contributed by atoms with E-state index in [2.05, 4.69) is 27.0 Å². The third-order valence-corrected chi connectivity index (χ3v) is 8.33. The number of nitrogens with zero attached hydrogens (tertiary/aromatic N) is 1. The first-order valence-electron chi connectivity index (χ1n) is 12.7. The Morgan fingerprint density at radius 1 is 1.22 bits per heavy atom. The number of nitrogens with one attached hydrogen (secondary N) is 4. The van der Waals surface area contributed by atoms with E-state index in [4.69, 9.17) is 4.74 Å². The number of ether oxygens (including phenoxy) is 1. The smallest absolute Gasteiger partial charge is 0.268 e. The molecule has 6 atom stereocenters. The lowest BCUT2D eigenvalue weighted by atomic mass is 9.60. The van der Waals surface area contributed by atoms with Gasteiger partial charge in [0.15, 0.2) is 0 Å². The van der Waals surface area contributed by atoms with Gasteiger partial charge in [-0.15, -0.1) is 0 Å². The molecular weight excluding hydrogens is 474 g/mol. The number of carbonyl (C=O) groups is 4. The Balaban J connectivity index is 1.37. The average Bonchev–Trinajstić information content (AvgIpc) is 3.48. The molecule has 2 aromatic rings. The van der Waals surface area contributed by atoms with E-state index in [-0.39, 0.29) is 18.2 Å². The zero-order valence-corrected chi connectivity index (χ0v) is 21.1. The van der Waals surface area contributed by atoms with Gasteiger partial charge in [-0.3, -0.25) is 24.5 Å². The van der Waals surface area contributed by atoms with Crippen molar-refractivity contribution in [2.24, 2.45) is 29.6 Å². The summed E-state index contributed by atoms with van der Waals surface area (Å²) in [4.78, 5) is 54.8. The van der Waals surface area contributed by atoms with E-state index in [0.29, 0.717) is 23.8 Å². The highest BCUT2D eigenvalue weighted by atomic mass is 16.5. The summed E-state index contributed by atoms with van der Waals surface area (Å²) in [5.74, 6) is -2.71. The van der Waals surface area contributed by atoms with Gasteiger partial charge in [-0.05, 0) is 42.9 Å². The van der Waals surface area contributed by atoms with Crippen molar-refractivity contribution >= 4 is 34.5 Å². The van der Waals surface area contributed by atoms with Crippen LogP contribution >= 0.6 is 0 Å². The van der Waals surface area contributed by atoms with E-state index in [9.17, 15) is 24.4 Å². The van der Waals surface area contributed by atoms with Crippen LogP contribution in [-0.4, -0.2) is 47.3 Å². The number of imide groups is 1. The van der Waals surface area contributed by atoms with Gasteiger partial charge in [0, 0.05) is 16.8 Å². The summed E-state index contributed by atoms with van der Waals surface area (Å²) < 4.78 is 5.38. The van der Waals surface area contributed by atoms with Crippen LogP contribution in [0.1, 0.15) is 50.0 Å². The van der Waals surface area contributed by atoms with Crippen LogP contribution in [-0.2, 0) is 14.4 Å². The molecule has 0 spiro atoms. The first-order valence-corrected chi connectivity index (χ1v) is 12.7. The van der Waals surface area contributed by atoms with Crippen LogP contribution in [0.15, 0.2) is 24.3 Å². The molecule has 3 fully saturated rings. The number of aromatic amines is 1. The molecule has 10 heteroatoms. The molecule has 37 heavy (non-hydrogen) atoms. The maximum Gasteiger partial charge on any atom is 0.268 e. The summed E-state index contributed by atoms with van der Waals surface area (Å²) >= 11 is 0. The molecule has 5 rings (SSSR count). The van der Waals surface area contributed by atoms with Gasteiger partial charge in [-0.1, -0.05) is 32.8 Å². The lowest BCUT2D eigenvalue weighted by Crippen LogP contribution is -2.63. The molecule has 0 bridgehead atoms. The number of amides is 4. The molecular formula is C27H31N5O5. The number of benzene rings is 1. The minimum absolute atomic E-state index is 0.240. The minimum Gasteiger partial charge on any atom is -0.496 e. The van der Waals surface area contributed by atoms with Crippen molar-refractivity contribution in [2.45, 2.75) is 51.1 Å². The van der Waals surface area contributed by atoms with Crippen LogP contribution in [0.5, 0.6) is 5.75 Å². The maximum absolute atomic E-state index is 13.6. The predicted molar refractivity (Wildman–Crippen MR) is 133 cm³/mol. The van der Waals surface area contributed by atoms with Crippen LogP contribution in [0, 0.1) is 40.9 Å². The van der Waals surface area contributed by atoms with E-state index in [1.807, 2.05) is 19.1 Å². The van der Waals surface area contributed by atoms with Gasteiger partial charge in [-0.2, -0.15) is 5.26 Å². The third-order valence-electron chi connectivity index (χ3n) is 8.33. The second-order valence-electron chi connectivity index (χ2n) is 10.8. The molecule has 1 aliphatic heterocycles. The highest BCUT2D eigenvalue weighted by Crippen LogP contribution is 2.47. The Kier molecular flexibility index (Phi) is 6.18. The minimum atomic E-state index is -1.33. The van der Waals surface area contributed by atoms with E-state index < -0.39 is 47.1 Å². The van der Waals surface area contributed by atoms with Gasteiger partial charge in [0.1, 0.15) is 23.0 Å². The second-order valence-corrected chi connectivity index (χ2v) is 10.8. The van der Waals surface area contributed by atoms with Crippen molar-refractivity contribution in [1.82, 2.24) is 20.9 Å². The van der Waals surface area contributed by atoms with Crippen molar-refractivity contribution < 1.29 is 23.9 Å². The zero-order chi connectivity index (χ0) is 26.5. The topological polar surface area (TPSA) is 153 Å². The molecule has 3 aliphatic rings. The van der Waals surface area contributed by atoms with Crippen molar-refractivity contribution in [3.05, 3.63) is 30.0 Å². The van der Waals surface area contributed by atoms with E-state index >= 15 is 0 Å². The van der Waals surface area contributed by atoms with Crippen LogP contribution in [0.3, 0.4) is 0 Å². The van der Waals surface area contributed by atoms with Crippen molar-refractivity contribution in [3.63, 3.8) is 0 Å². The predicted octanol–water partition coefficient (Wildman–Crippen LogP) is 2.02. The quantitative estimate of drug-likeness (QED) is 0.422. The fraction of sp³-hybridized carbons (Fsp3) is 0.519. The monoisotopic (exact) mass is 505 g/mol. The first kappa shape index (κ1) is 24.8. The number of hydrogen-bond acceptors (Lipinski definition) is 6. The number of methoxy groups -OCH3 is 1. The molecule has 10 nitrogen and oxygen atoms in total. The number of rotatable bonds is 7. The Labute approximate surface area is 214 Å². The van der Waals surface area contributed by atoms with E-state index in [1.165, 1.54) is 0 Å². The van der Waals surface area contributed by atoms with E-state index in [1.54, 1.807) is 26.2 Å². The summed E-state index contributed by atoms with van der Waals surface area (Å²) in [6.07, 6.45) is 2.65. The summed E-state index contributed by atoms with van der Waals surface area (Å²) in [5.41, 5.74) is -0.299. The molecule has 2 saturated carbocycles. The van der Waals surface area contributed by atoms with Gasteiger partial charge in [-0.25, -0.2) is 0 Å². The van der Waals surface area contributed by atoms with Gasteiger partial charge < -0.3 is 20.4 Å². The first-order chi connectivity index (χ1) is 17.7. The fourth-order valence-electron chi connectivity index (χ4n) is 6.12. The molecule has 194 valence electrons. The van der Waals surface area contributed by atoms with Gasteiger partial charge in [0.05, 0.1) is 25.0 Å². The van der Waals surface area contributed by atoms with Gasteiger partial charge >= 0.3 is 0 Å². The SMILES string of the molecule is COc1cccc2[nH]c(C(=O)N[C@@H](CC3CC3)C(=O)N[C@@]3(C#N)C[C@H](C)[C@H]4C(=O)NC(=O)[C@@H]4[C@@H]3C)cc12. The standard InChI is InChI=1S/C27H31N5O5/c1-13-11-27(12-28,14(2)22-21(13)25(35)31-26(22)36)32-24(34)18(9-15-7-8-15)30-23(33)19-10-16-17(29-19)5-4-6-20(16)37-3/h4-6,10,13-15,18,21-22,29H,7-9,11H2,1-3H3,(H,30,33)(H,32,34)(H,31,35,36)/t13-,14-,18-,21+,22+,27+/m0/s1. The molecule has 1 aromatic carbocycles. The Hall–Kier alpha value is -3.87. The normalized spacial score (nSPS) is 29.7. The Bertz CT molecular complexity index is 1320. The van der Waals surface area contributed by atoms with Crippen LogP contribution in [0.4, 0.5) is 0 Å². The summed E-state index contributed by atoms with van der Waals surface area (Å²) in [7, 11) is 1.56. The highest BCUT2D eigenvalue weighted by molar-refractivity contribution is 6.06. The molecule has 0 unspecified atom stereocenters. The van der Waals surface area contributed by atoms with Crippen LogP contribution < -0.4 is 20.7 Å². The number of nitriles is 1. The zero-order valence-electron chi connectivity index (χ0n) is 21.1. The molecule has 2 aliphatic carbocycles. The van der Waals surface area contributed by atoms with Crippen molar-refractivity contribution in [2.75, 3.05) is 7.11 Å². The Morgan fingerprint density at radius 2 is 1.95 bits per heavy atom. The van der Waals surface area contributed by atoms with Crippen molar-refractivity contribution in [1.29, 1.82) is 5.26 Å². The molecule has 4 amide bonds. The summed E-state index contributed by atoms with van der Waals surface area (Å²) in [6.45, 7) is 3.56. The van der Waals surface area contributed by atoms with E-state index in [0.717, 1.165) is 23.7 Å². The Morgan fingerprint density at radius 3 is 2.62 bits per heavy atom. The second kappa shape index (κ2) is 9.21. The fourth-order valence-corrected chi connectivity index (χ4v) is 6.12. The molecule has 2 heterocycles. The van der Waals surface area contributed by atoms with Crippen LogP contribution in [0.25, 0.3) is 10.9 Å². The molecule has 0 radical (unpaired) electrons. The summed E-state index contributed by atoms with van der Waals surface area (Å²) in [6, 6.07) is 8.56. The highest BCUT2D eigenvalue weighted by Gasteiger charge is 2.59. The third kappa shape index (κ3) is 4.32. The van der Waals surface area contributed by atoms with Crippen LogP contribution in [0.2, 0.25) is 0 Å². The summed E-state index contributed by atoms with van der Waals surface area (Å²) in [5, 5.41) is 19.1. The molecule has 4 N–H and O–H groups in total. The largest absolute Gasteiger partial charge is 0.496 e. The molecule has 1 saturated heterocycles.